The van der Waals surface area contributed by atoms with Crippen LogP contribution in [0.15, 0.2) is 51.7 Å². The average Bonchev–Trinajstić information content (AvgIpc) is 2.52. The van der Waals surface area contributed by atoms with Crippen LogP contribution in [-0.4, -0.2) is 0 Å². The zero-order chi connectivity index (χ0) is 16.4. The molecule has 5 heteroatoms. The van der Waals surface area contributed by atoms with Gasteiger partial charge in [-0.25, -0.2) is 9.18 Å². The molecule has 0 bridgehead atoms. The molecule has 0 unspecified atom stereocenters. The number of fused-ring (bicyclic) bond motifs is 1. The molecule has 1 aromatic heterocycles. The summed E-state index contributed by atoms with van der Waals surface area (Å²) in [5.41, 5.74) is 1.71. The molecule has 3 nitrogen and oxygen atoms in total. The van der Waals surface area contributed by atoms with Crippen molar-refractivity contribution in [3.05, 3.63) is 74.9 Å². The smallest absolute Gasteiger partial charge is 0.336 e. The van der Waals surface area contributed by atoms with E-state index >= 15 is 0 Å². The van der Waals surface area contributed by atoms with Gasteiger partial charge in [0.05, 0.1) is 5.02 Å². The largest absolute Gasteiger partial charge is 0.489 e. The molecule has 23 heavy (non-hydrogen) atoms. The van der Waals surface area contributed by atoms with Gasteiger partial charge in [0, 0.05) is 23.1 Å². The fraction of sp³-hybridized carbons (Fsp3) is 0.167. The molecule has 0 fully saturated rings. The Bertz CT molecular complexity index is 918. The van der Waals surface area contributed by atoms with E-state index in [0.717, 1.165) is 17.4 Å². The molecule has 0 atom stereocenters. The van der Waals surface area contributed by atoms with E-state index < -0.39 is 5.82 Å². The molecule has 3 rings (SSSR count). The van der Waals surface area contributed by atoms with Gasteiger partial charge in [-0.1, -0.05) is 24.6 Å². The summed E-state index contributed by atoms with van der Waals surface area (Å²) in [7, 11) is 0. The van der Waals surface area contributed by atoms with Crippen LogP contribution in [0, 0.1) is 5.82 Å². The van der Waals surface area contributed by atoms with Gasteiger partial charge in [-0.15, -0.1) is 0 Å². The molecule has 0 aliphatic carbocycles. The van der Waals surface area contributed by atoms with Crippen molar-refractivity contribution in [2.45, 2.75) is 20.0 Å². The Kier molecular flexibility index (Phi) is 4.35. The Morgan fingerprint density at radius 2 is 1.96 bits per heavy atom. The predicted octanol–water partition coefficient (Wildman–Crippen LogP) is 4.73. The third-order valence-electron chi connectivity index (χ3n) is 3.59. The first-order chi connectivity index (χ1) is 11.1. The van der Waals surface area contributed by atoms with E-state index in [1.165, 1.54) is 18.2 Å². The fourth-order valence-electron chi connectivity index (χ4n) is 2.39. The van der Waals surface area contributed by atoms with Crippen molar-refractivity contribution < 1.29 is 13.5 Å². The lowest BCUT2D eigenvalue weighted by Crippen LogP contribution is -2.01. The summed E-state index contributed by atoms with van der Waals surface area (Å²) in [6, 6.07) is 11.0. The zero-order valence-electron chi connectivity index (χ0n) is 12.4. The maximum atomic E-state index is 13.0. The molecule has 0 aliphatic heterocycles. The SMILES string of the molecule is CCc1cc(=O)oc2cc(OCc3ccc(F)cc3Cl)ccc12. The highest BCUT2D eigenvalue weighted by Gasteiger charge is 2.07. The van der Waals surface area contributed by atoms with Crippen molar-refractivity contribution in [3.8, 4) is 5.75 Å². The number of halogens is 2. The minimum Gasteiger partial charge on any atom is -0.489 e. The first-order valence-corrected chi connectivity index (χ1v) is 7.58. The third-order valence-corrected chi connectivity index (χ3v) is 3.94. The summed E-state index contributed by atoms with van der Waals surface area (Å²) < 4.78 is 23.9. The van der Waals surface area contributed by atoms with Gasteiger partial charge in [-0.05, 0) is 36.2 Å². The minimum atomic E-state index is -0.390. The van der Waals surface area contributed by atoms with Crippen molar-refractivity contribution in [2.75, 3.05) is 0 Å². The van der Waals surface area contributed by atoms with E-state index in [4.69, 9.17) is 20.8 Å². The quantitative estimate of drug-likeness (QED) is 0.648. The maximum absolute atomic E-state index is 13.0. The molecule has 3 aromatic rings. The van der Waals surface area contributed by atoms with Gasteiger partial charge in [-0.2, -0.15) is 0 Å². The van der Waals surface area contributed by atoms with E-state index in [0.29, 0.717) is 21.9 Å². The van der Waals surface area contributed by atoms with E-state index in [9.17, 15) is 9.18 Å². The highest BCUT2D eigenvalue weighted by Crippen LogP contribution is 2.25. The topological polar surface area (TPSA) is 39.4 Å². The van der Waals surface area contributed by atoms with Crippen LogP contribution >= 0.6 is 11.6 Å². The molecule has 0 radical (unpaired) electrons. The van der Waals surface area contributed by atoms with Crippen molar-refractivity contribution in [1.82, 2.24) is 0 Å². The lowest BCUT2D eigenvalue weighted by atomic mass is 10.1. The predicted molar refractivity (Wildman–Crippen MR) is 87.6 cm³/mol. The van der Waals surface area contributed by atoms with Gasteiger partial charge >= 0.3 is 5.63 Å². The van der Waals surface area contributed by atoms with Crippen LogP contribution in [0.3, 0.4) is 0 Å². The monoisotopic (exact) mass is 332 g/mol. The van der Waals surface area contributed by atoms with Gasteiger partial charge in [0.15, 0.2) is 0 Å². The molecule has 2 aromatic carbocycles. The van der Waals surface area contributed by atoms with Crippen LogP contribution in [0.5, 0.6) is 5.75 Å². The van der Waals surface area contributed by atoms with E-state index in [-0.39, 0.29) is 12.2 Å². The van der Waals surface area contributed by atoms with Crippen LogP contribution in [0.1, 0.15) is 18.1 Å². The van der Waals surface area contributed by atoms with Gasteiger partial charge in [0.25, 0.3) is 0 Å². The summed E-state index contributed by atoms with van der Waals surface area (Å²) in [5, 5.41) is 1.20. The summed E-state index contributed by atoms with van der Waals surface area (Å²) >= 11 is 5.97. The average molecular weight is 333 g/mol. The Hall–Kier alpha value is -2.33. The van der Waals surface area contributed by atoms with E-state index in [1.807, 2.05) is 13.0 Å². The van der Waals surface area contributed by atoms with Crippen molar-refractivity contribution in [2.24, 2.45) is 0 Å². The number of ether oxygens (including phenoxy) is 1. The number of benzene rings is 2. The van der Waals surface area contributed by atoms with E-state index in [2.05, 4.69) is 0 Å². The van der Waals surface area contributed by atoms with Gasteiger partial charge in [-0.3, -0.25) is 0 Å². The molecule has 0 spiro atoms. The normalized spacial score (nSPS) is 10.9. The Balaban J connectivity index is 1.87. The van der Waals surface area contributed by atoms with Crippen LogP contribution in [0.2, 0.25) is 5.02 Å². The summed E-state index contributed by atoms with van der Waals surface area (Å²) in [4.78, 5) is 11.6. The van der Waals surface area contributed by atoms with Crippen LogP contribution in [-0.2, 0) is 13.0 Å². The molecule has 0 saturated heterocycles. The number of hydrogen-bond acceptors (Lipinski definition) is 3. The standard InChI is InChI=1S/C18H14ClFO3/c1-2-11-7-18(21)23-17-9-14(5-6-15(11)17)22-10-12-3-4-13(20)8-16(12)19/h3-9H,2,10H2,1H3. The first-order valence-electron chi connectivity index (χ1n) is 7.20. The van der Waals surface area contributed by atoms with Crippen molar-refractivity contribution >= 4 is 22.6 Å². The first kappa shape index (κ1) is 15.6. The van der Waals surface area contributed by atoms with Crippen molar-refractivity contribution in [3.63, 3.8) is 0 Å². The molecule has 118 valence electrons. The molecule has 0 N–H and O–H groups in total. The highest BCUT2D eigenvalue weighted by molar-refractivity contribution is 6.31. The van der Waals surface area contributed by atoms with Crippen molar-refractivity contribution in [1.29, 1.82) is 0 Å². The second-order valence-corrected chi connectivity index (χ2v) is 5.53. The Morgan fingerprint density at radius 1 is 1.13 bits per heavy atom. The third kappa shape index (κ3) is 3.37. The summed E-state index contributed by atoms with van der Waals surface area (Å²) in [6.45, 7) is 2.18. The number of hydrogen-bond donors (Lipinski definition) is 0. The summed E-state index contributed by atoms with van der Waals surface area (Å²) in [5.74, 6) is 0.160. The van der Waals surface area contributed by atoms with E-state index in [1.54, 1.807) is 18.2 Å². The molecule has 1 heterocycles. The van der Waals surface area contributed by atoms with Gasteiger partial charge in [0.2, 0.25) is 0 Å². The maximum Gasteiger partial charge on any atom is 0.336 e. The Labute approximate surface area is 137 Å². The molecule has 0 aliphatic rings. The molecular formula is C18H14ClFO3. The summed E-state index contributed by atoms with van der Waals surface area (Å²) in [6.07, 6.45) is 0.744. The second kappa shape index (κ2) is 6.42. The zero-order valence-corrected chi connectivity index (χ0v) is 13.2. The van der Waals surface area contributed by atoms with Crippen LogP contribution < -0.4 is 10.4 Å². The lowest BCUT2D eigenvalue weighted by Gasteiger charge is -2.09. The van der Waals surface area contributed by atoms with Crippen LogP contribution in [0.25, 0.3) is 11.0 Å². The Morgan fingerprint density at radius 3 is 2.70 bits per heavy atom. The highest BCUT2D eigenvalue weighted by atomic mass is 35.5. The fourth-order valence-corrected chi connectivity index (χ4v) is 2.61. The molecular weight excluding hydrogens is 319 g/mol. The molecule has 0 amide bonds. The molecule has 0 saturated carbocycles. The second-order valence-electron chi connectivity index (χ2n) is 5.13. The van der Waals surface area contributed by atoms with Crippen LogP contribution in [0.4, 0.5) is 4.39 Å². The van der Waals surface area contributed by atoms with Gasteiger partial charge in [0.1, 0.15) is 23.8 Å². The minimum absolute atomic E-state index is 0.197. The lowest BCUT2D eigenvalue weighted by molar-refractivity contribution is 0.306. The van der Waals surface area contributed by atoms with Gasteiger partial charge < -0.3 is 9.15 Å². The number of aryl methyl sites for hydroxylation is 1. The number of rotatable bonds is 4.